The first kappa shape index (κ1) is 12.7. The summed E-state index contributed by atoms with van der Waals surface area (Å²) in [7, 11) is 1.61. The van der Waals surface area contributed by atoms with Crippen molar-refractivity contribution >= 4 is 11.6 Å². The fourth-order valence-corrected chi connectivity index (χ4v) is 2.44. The van der Waals surface area contributed by atoms with Gasteiger partial charge in [0.1, 0.15) is 5.75 Å². The van der Waals surface area contributed by atoms with Crippen LogP contribution in [0, 0.1) is 0 Å². The van der Waals surface area contributed by atoms with Crippen molar-refractivity contribution in [1.29, 1.82) is 0 Å². The second-order valence-electron chi connectivity index (χ2n) is 5.15. The number of methoxy groups -OCH3 is 1. The van der Waals surface area contributed by atoms with Crippen molar-refractivity contribution in [1.82, 2.24) is 0 Å². The van der Waals surface area contributed by atoms with E-state index in [0.29, 0.717) is 24.0 Å². The van der Waals surface area contributed by atoms with E-state index in [1.54, 1.807) is 7.11 Å². The van der Waals surface area contributed by atoms with Gasteiger partial charge in [0, 0.05) is 5.54 Å². The molecule has 1 saturated heterocycles. The van der Waals surface area contributed by atoms with Gasteiger partial charge in [0.15, 0.2) is 0 Å². The van der Waals surface area contributed by atoms with Crippen molar-refractivity contribution in [3.8, 4) is 5.75 Å². The summed E-state index contributed by atoms with van der Waals surface area (Å²) in [6.07, 6.45) is 0. The Labute approximate surface area is 107 Å². The van der Waals surface area contributed by atoms with Gasteiger partial charge in [0.05, 0.1) is 30.8 Å². The number of rotatable bonds is 3. The van der Waals surface area contributed by atoms with Crippen LogP contribution in [-0.2, 0) is 10.2 Å². The highest BCUT2D eigenvalue weighted by Gasteiger charge is 2.50. The van der Waals surface area contributed by atoms with Crippen molar-refractivity contribution in [2.24, 2.45) is 5.73 Å². The van der Waals surface area contributed by atoms with Crippen molar-refractivity contribution in [3.05, 3.63) is 28.8 Å². The van der Waals surface area contributed by atoms with Gasteiger partial charge in [-0.15, -0.1) is 0 Å². The van der Waals surface area contributed by atoms with E-state index in [1.807, 2.05) is 32.0 Å². The van der Waals surface area contributed by atoms with Crippen molar-refractivity contribution in [2.45, 2.75) is 24.8 Å². The number of hydrogen-bond acceptors (Lipinski definition) is 3. The Morgan fingerprint density at radius 2 is 2.06 bits per heavy atom. The molecule has 3 nitrogen and oxygen atoms in total. The standard InChI is InChI=1S/C13H18ClNO2/c1-12(2,15)13(7-17-8-13)9-4-5-11(16-3)10(14)6-9/h4-6H,7-8,15H2,1-3H3. The van der Waals surface area contributed by atoms with Crippen LogP contribution in [0.3, 0.4) is 0 Å². The minimum atomic E-state index is -0.344. The molecule has 0 atom stereocenters. The van der Waals surface area contributed by atoms with Gasteiger partial charge in [-0.05, 0) is 31.5 Å². The summed E-state index contributed by atoms with van der Waals surface area (Å²) in [5.74, 6) is 0.681. The number of hydrogen-bond donors (Lipinski definition) is 1. The molecule has 1 aromatic carbocycles. The lowest BCUT2D eigenvalue weighted by atomic mass is 9.66. The Balaban J connectivity index is 2.42. The third-order valence-electron chi connectivity index (χ3n) is 3.63. The summed E-state index contributed by atoms with van der Waals surface area (Å²) in [5.41, 5.74) is 6.89. The molecule has 0 radical (unpaired) electrons. The lowest BCUT2D eigenvalue weighted by molar-refractivity contribution is -0.0919. The average molecular weight is 256 g/mol. The molecule has 17 heavy (non-hydrogen) atoms. The van der Waals surface area contributed by atoms with Crippen molar-refractivity contribution in [2.75, 3.05) is 20.3 Å². The van der Waals surface area contributed by atoms with Crippen LogP contribution in [0.25, 0.3) is 0 Å². The van der Waals surface area contributed by atoms with E-state index >= 15 is 0 Å². The lowest BCUT2D eigenvalue weighted by Crippen LogP contribution is -2.64. The zero-order valence-corrected chi connectivity index (χ0v) is 11.2. The third kappa shape index (κ3) is 1.92. The molecular weight excluding hydrogens is 238 g/mol. The lowest BCUT2D eigenvalue weighted by Gasteiger charge is -2.51. The normalized spacial score (nSPS) is 18.6. The largest absolute Gasteiger partial charge is 0.495 e. The number of ether oxygens (including phenoxy) is 2. The molecule has 1 aliphatic rings. The van der Waals surface area contributed by atoms with E-state index in [1.165, 1.54) is 0 Å². The smallest absolute Gasteiger partial charge is 0.137 e. The zero-order valence-electron chi connectivity index (χ0n) is 10.4. The van der Waals surface area contributed by atoms with Crippen LogP contribution in [0.1, 0.15) is 19.4 Å². The van der Waals surface area contributed by atoms with Gasteiger partial charge >= 0.3 is 0 Å². The Kier molecular flexibility index (Phi) is 3.10. The maximum absolute atomic E-state index is 6.27. The van der Waals surface area contributed by atoms with Crippen LogP contribution >= 0.6 is 11.6 Å². The molecule has 0 saturated carbocycles. The Bertz CT molecular complexity index is 422. The number of halogens is 1. The molecular formula is C13H18ClNO2. The highest BCUT2D eigenvalue weighted by molar-refractivity contribution is 6.32. The summed E-state index contributed by atoms with van der Waals surface area (Å²) < 4.78 is 10.5. The van der Waals surface area contributed by atoms with Gasteiger partial charge in [-0.2, -0.15) is 0 Å². The second-order valence-corrected chi connectivity index (χ2v) is 5.55. The Morgan fingerprint density at radius 1 is 1.41 bits per heavy atom. The minimum Gasteiger partial charge on any atom is -0.495 e. The highest BCUT2D eigenvalue weighted by atomic mass is 35.5. The molecule has 94 valence electrons. The number of nitrogens with two attached hydrogens (primary N) is 1. The van der Waals surface area contributed by atoms with Crippen LogP contribution in [0.15, 0.2) is 18.2 Å². The summed E-state index contributed by atoms with van der Waals surface area (Å²) in [4.78, 5) is 0. The van der Waals surface area contributed by atoms with Gasteiger partial charge in [-0.1, -0.05) is 17.7 Å². The summed E-state index contributed by atoms with van der Waals surface area (Å²) in [6, 6.07) is 5.82. The first-order valence-corrected chi connectivity index (χ1v) is 5.99. The molecule has 1 fully saturated rings. The van der Waals surface area contributed by atoms with E-state index in [9.17, 15) is 0 Å². The fourth-order valence-electron chi connectivity index (χ4n) is 2.18. The van der Waals surface area contributed by atoms with Gasteiger partial charge in [0.25, 0.3) is 0 Å². The van der Waals surface area contributed by atoms with E-state index < -0.39 is 0 Å². The molecule has 0 unspecified atom stereocenters. The average Bonchev–Trinajstić information content (AvgIpc) is 2.13. The fraction of sp³-hybridized carbons (Fsp3) is 0.538. The van der Waals surface area contributed by atoms with Crippen LogP contribution < -0.4 is 10.5 Å². The van der Waals surface area contributed by atoms with Crippen LogP contribution in [0.5, 0.6) is 5.75 Å². The quantitative estimate of drug-likeness (QED) is 0.902. The van der Waals surface area contributed by atoms with Crippen LogP contribution in [0.4, 0.5) is 0 Å². The van der Waals surface area contributed by atoms with E-state index in [-0.39, 0.29) is 11.0 Å². The molecule has 0 amide bonds. The van der Waals surface area contributed by atoms with Gasteiger partial charge in [0.2, 0.25) is 0 Å². The van der Waals surface area contributed by atoms with Crippen molar-refractivity contribution in [3.63, 3.8) is 0 Å². The summed E-state index contributed by atoms with van der Waals surface area (Å²) in [5, 5.41) is 0.612. The molecule has 0 spiro atoms. The van der Waals surface area contributed by atoms with Crippen LogP contribution in [0.2, 0.25) is 5.02 Å². The van der Waals surface area contributed by atoms with Crippen LogP contribution in [-0.4, -0.2) is 25.9 Å². The molecule has 2 rings (SSSR count). The number of benzene rings is 1. The minimum absolute atomic E-state index is 0.150. The molecule has 2 N–H and O–H groups in total. The Hall–Kier alpha value is -0.770. The Morgan fingerprint density at radius 3 is 2.41 bits per heavy atom. The molecule has 0 bridgehead atoms. The monoisotopic (exact) mass is 255 g/mol. The molecule has 0 aliphatic carbocycles. The molecule has 4 heteroatoms. The summed E-state index contributed by atoms with van der Waals surface area (Å²) >= 11 is 6.16. The molecule has 0 aromatic heterocycles. The maximum Gasteiger partial charge on any atom is 0.137 e. The summed E-state index contributed by atoms with van der Waals surface area (Å²) in [6.45, 7) is 5.32. The maximum atomic E-state index is 6.27. The van der Waals surface area contributed by atoms with Crippen molar-refractivity contribution < 1.29 is 9.47 Å². The van der Waals surface area contributed by atoms with E-state index in [0.717, 1.165) is 5.56 Å². The van der Waals surface area contributed by atoms with Gasteiger partial charge in [-0.3, -0.25) is 0 Å². The predicted octanol–water partition coefficient (Wildman–Crippen LogP) is 2.35. The second kappa shape index (κ2) is 4.16. The first-order valence-electron chi connectivity index (χ1n) is 5.61. The SMILES string of the molecule is COc1ccc(C2(C(C)(C)N)COC2)cc1Cl. The van der Waals surface area contributed by atoms with Gasteiger partial charge in [-0.25, -0.2) is 0 Å². The molecule has 1 aromatic rings. The van der Waals surface area contributed by atoms with E-state index in [4.69, 9.17) is 26.8 Å². The first-order chi connectivity index (χ1) is 7.90. The van der Waals surface area contributed by atoms with Gasteiger partial charge < -0.3 is 15.2 Å². The third-order valence-corrected chi connectivity index (χ3v) is 3.93. The zero-order chi connectivity index (χ0) is 12.7. The predicted molar refractivity (Wildman–Crippen MR) is 68.8 cm³/mol. The molecule has 1 heterocycles. The highest BCUT2D eigenvalue weighted by Crippen LogP contribution is 2.42. The molecule has 1 aliphatic heterocycles. The van der Waals surface area contributed by atoms with E-state index in [2.05, 4.69) is 0 Å². The topological polar surface area (TPSA) is 44.5 Å².